The van der Waals surface area contributed by atoms with E-state index in [9.17, 15) is 22.4 Å². The third-order valence-electron chi connectivity index (χ3n) is 7.02. The Morgan fingerprint density at radius 3 is 1.98 bits per heavy atom. The summed E-state index contributed by atoms with van der Waals surface area (Å²) in [6, 6.07) is 30.4. The molecule has 0 heterocycles. The number of anilines is 1. The molecule has 0 saturated carbocycles. The minimum atomic E-state index is -4.15. The van der Waals surface area contributed by atoms with Crippen molar-refractivity contribution in [3.63, 3.8) is 0 Å². The second-order valence-electron chi connectivity index (χ2n) is 10.2. The van der Waals surface area contributed by atoms with Gasteiger partial charge in [-0.2, -0.15) is 0 Å². The lowest BCUT2D eigenvalue weighted by molar-refractivity contribution is -0.140. The maximum atomic E-state index is 14.3. The van der Waals surface area contributed by atoms with Gasteiger partial charge >= 0.3 is 0 Å². The van der Waals surface area contributed by atoms with Gasteiger partial charge in [0.05, 0.1) is 10.6 Å². The zero-order valence-corrected chi connectivity index (χ0v) is 24.9. The third-order valence-corrected chi connectivity index (χ3v) is 8.81. The Kier molecular flexibility index (Phi) is 11.0. The minimum Gasteiger partial charge on any atom is -0.354 e. The number of para-hydroxylation sites is 1. The van der Waals surface area contributed by atoms with Crippen LogP contribution in [0.5, 0.6) is 0 Å². The molecule has 0 fully saturated rings. The molecule has 1 unspecified atom stereocenters. The third kappa shape index (κ3) is 8.51. The van der Waals surface area contributed by atoms with Crippen LogP contribution in [0.4, 0.5) is 10.1 Å². The second kappa shape index (κ2) is 15.1. The van der Waals surface area contributed by atoms with Gasteiger partial charge in [0.15, 0.2) is 0 Å². The lowest BCUT2D eigenvalue weighted by atomic mass is 10.0. The Morgan fingerprint density at radius 1 is 0.791 bits per heavy atom. The molecule has 4 aromatic carbocycles. The first kappa shape index (κ1) is 31.4. The summed E-state index contributed by atoms with van der Waals surface area (Å²) in [5.41, 5.74) is 1.76. The summed E-state index contributed by atoms with van der Waals surface area (Å²) in [5.74, 6) is -1.34. The monoisotopic (exact) mass is 601 g/mol. The first-order chi connectivity index (χ1) is 20.8. The van der Waals surface area contributed by atoms with E-state index in [4.69, 9.17) is 0 Å². The predicted octanol–water partition coefficient (Wildman–Crippen LogP) is 5.58. The highest BCUT2D eigenvalue weighted by atomic mass is 32.2. The van der Waals surface area contributed by atoms with E-state index in [1.807, 2.05) is 37.3 Å². The lowest BCUT2D eigenvalue weighted by Gasteiger charge is -2.34. The molecule has 0 aliphatic rings. The van der Waals surface area contributed by atoms with E-state index < -0.39 is 34.3 Å². The van der Waals surface area contributed by atoms with Gasteiger partial charge in [-0.3, -0.25) is 13.9 Å². The van der Waals surface area contributed by atoms with Gasteiger partial charge in [0.1, 0.15) is 18.4 Å². The number of benzene rings is 4. The molecule has 0 aromatic heterocycles. The van der Waals surface area contributed by atoms with Gasteiger partial charge in [-0.05, 0) is 53.9 Å². The molecule has 0 aliphatic heterocycles. The summed E-state index contributed by atoms with van der Waals surface area (Å²) >= 11 is 0. The van der Waals surface area contributed by atoms with Crippen molar-refractivity contribution in [3.05, 3.63) is 132 Å². The average Bonchev–Trinajstić information content (AvgIpc) is 3.03. The summed E-state index contributed by atoms with van der Waals surface area (Å²) in [4.78, 5) is 29.4. The molecule has 7 nitrogen and oxygen atoms in total. The Labute approximate surface area is 253 Å². The van der Waals surface area contributed by atoms with Crippen LogP contribution in [0.15, 0.2) is 120 Å². The molecule has 9 heteroatoms. The number of halogens is 1. The Hall–Kier alpha value is -4.50. The number of unbranched alkanes of at least 4 members (excludes halogenated alkanes) is 1. The number of hydrogen-bond acceptors (Lipinski definition) is 4. The van der Waals surface area contributed by atoms with Crippen molar-refractivity contribution in [1.29, 1.82) is 0 Å². The van der Waals surface area contributed by atoms with E-state index in [0.717, 1.165) is 22.7 Å². The fourth-order valence-corrected chi connectivity index (χ4v) is 6.12. The molecule has 0 aliphatic carbocycles. The van der Waals surface area contributed by atoms with Gasteiger partial charge < -0.3 is 10.2 Å². The van der Waals surface area contributed by atoms with Crippen molar-refractivity contribution in [2.75, 3.05) is 17.4 Å². The summed E-state index contributed by atoms with van der Waals surface area (Å²) in [7, 11) is -4.15. The van der Waals surface area contributed by atoms with Gasteiger partial charge in [-0.15, -0.1) is 0 Å². The first-order valence-corrected chi connectivity index (χ1v) is 15.7. The summed E-state index contributed by atoms with van der Waals surface area (Å²) < 4.78 is 42.6. The molecule has 0 bridgehead atoms. The number of amides is 2. The molecule has 2 amide bonds. The van der Waals surface area contributed by atoms with Gasteiger partial charge in [-0.1, -0.05) is 92.2 Å². The van der Waals surface area contributed by atoms with Crippen molar-refractivity contribution in [2.45, 2.75) is 43.7 Å². The number of sulfonamides is 1. The topological polar surface area (TPSA) is 86.8 Å². The summed E-state index contributed by atoms with van der Waals surface area (Å²) in [6.07, 6.45) is 1.86. The summed E-state index contributed by atoms with van der Waals surface area (Å²) in [5, 5.41) is 2.95. The molecule has 0 spiro atoms. The van der Waals surface area contributed by atoms with Crippen molar-refractivity contribution < 1.29 is 22.4 Å². The number of rotatable bonds is 14. The van der Waals surface area contributed by atoms with Crippen LogP contribution in [0.1, 0.15) is 30.9 Å². The zero-order valence-electron chi connectivity index (χ0n) is 24.1. The number of carbonyl (C=O) groups excluding carboxylic acids is 2. The molecule has 1 N–H and O–H groups in total. The van der Waals surface area contributed by atoms with E-state index in [-0.39, 0.29) is 23.8 Å². The molecule has 0 radical (unpaired) electrons. The number of nitrogens with one attached hydrogen (secondary N) is 1. The SMILES string of the molecule is CCCCNC(=O)C(Cc1ccccc1)N(Cc1ccc(F)cc1)C(=O)CN(c1ccccc1)S(=O)(=O)c1ccccc1. The molecule has 43 heavy (non-hydrogen) atoms. The highest BCUT2D eigenvalue weighted by Crippen LogP contribution is 2.25. The van der Waals surface area contributed by atoms with Gasteiger partial charge in [0.2, 0.25) is 11.8 Å². The zero-order chi connectivity index (χ0) is 30.7. The van der Waals surface area contributed by atoms with Crippen LogP contribution < -0.4 is 9.62 Å². The largest absolute Gasteiger partial charge is 0.354 e. The maximum absolute atomic E-state index is 14.3. The Bertz CT molecular complexity index is 1570. The minimum absolute atomic E-state index is 0.0220. The van der Waals surface area contributed by atoms with Crippen LogP contribution in [0.25, 0.3) is 0 Å². The molecule has 4 aromatic rings. The Balaban J connectivity index is 1.76. The van der Waals surface area contributed by atoms with Crippen molar-refractivity contribution in [2.24, 2.45) is 0 Å². The predicted molar refractivity (Wildman–Crippen MR) is 166 cm³/mol. The average molecular weight is 602 g/mol. The quantitative estimate of drug-likeness (QED) is 0.191. The maximum Gasteiger partial charge on any atom is 0.264 e. The van der Waals surface area contributed by atoms with Crippen LogP contribution in [-0.2, 0) is 32.6 Å². The highest BCUT2D eigenvalue weighted by molar-refractivity contribution is 7.92. The van der Waals surface area contributed by atoms with E-state index >= 15 is 0 Å². The first-order valence-electron chi connectivity index (χ1n) is 14.3. The molecular formula is C34H36FN3O4S. The van der Waals surface area contributed by atoms with Crippen LogP contribution in [0.2, 0.25) is 0 Å². The molecular weight excluding hydrogens is 565 g/mol. The van der Waals surface area contributed by atoms with Gasteiger partial charge in [0, 0.05) is 19.5 Å². The number of nitrogens with zero attached hydrogens (tertiary/aromatic N) is 2. The van der Waals surface area contributed by atoms with E-state index in [0.29, 0.717) is 17.8 Å². The van der Waals surface area contributed by atoms with Crippen LogP contribution in [0.3, 0.4) is 0 Å². The van der Waals surface area contributed by atoms with Gasteiger partial charge in [0.25, 0.3) is 10.0 Å². The van der Waals surface area contributed by atoms with E-state index in [1.165, 1.54) is 29.2 Å². The lowest BCUT2D eigenvalue weighted by Crippen LogP contribution is -2.53. The van der Waals surface area contributed by atoms with Crippen molar-refractivity contribution >= 4 is 27.5 Å². The van der Waals surface area contributed by atoms with Crippen molar-refractivity contribution in [3.8, 4) is 0 Å². The number of carbonyl (C=O) groups is 2. The fraction of sp³-hybridized carbons (Fsp3) is 0.235. The van der Waals surface area contributed by atoms with Gasteiger partial charge in [-0.25, -0.2) is 12.8 Å². The molecule has 1 atom stereocenters. The molecule has 0 saturated heterocycles. The smallest absolute Gasteiger partial charge is 0.264 e. The Morgan fingerprint density at radius 2 is 1.37 bits per heavy atom. The fourth-order valence-electron chi connectivity index (χ4n) is 4.69. The van der Waals surface area contributed by atoms with Crippen molar-refractivity contribution in [1.82, 2.24) is 10.2 Å². The second-order valence-corrected chi connectivity index (χ2v) is 12.0. The van der Waals surface area contributed by atoms with Crippen LogP contribution >= 0.6 is 0 Å². The van der Waals surface area contributed by atoms with Crippen LogP contribution in [0, 0.1) is 5.82 Å². The van der Waals surface area contributed by atoms with E-state index in [2.05, 4.69) is 5.32 Å². The normalized spacial score (nSPS) is 11.9. The summed E-state index contributed by atoms with van der Waals surface area (Å²) in [6.45, 7) is 1.89. The van der Waals surface area contributed by atoms with Crippen LogP contribution in [-0.4, -0.2) is 44.3 Å². The molecule has 224 valence electrons. The standard InChI is InChI=1S/C34H36FN3O4S/c1-2-3-23-36-34(40)32(24-27-13-7-4-8-14-27)37(25-28-19-21-29(35)22-20-28)33(39)26-38(30-15-9-5-10-16-30)43(41,42)31-17-11-6-12-18-31/h4-22,32H,2-3,23-26H2,1H3,(H,36,40). The molecule has 4 rings (SSSR count). The van der Waals surface area contributed by atoms with E-state index in [1.54, 1.807) is 60.7 Å². The highest BCUT2D eigenvalue weighted by Gasteiger charge is 2.34. The number of hydrogen-bond donors (Lipinski definition) is 1.